The predicted octanol–water partition coefficient (Wildman–Crippen LogP) is 2.21. The van der Waals surface area contributed by atoms with Crippen molar-refractivity contribution in [2.24, 2.45) is 17.8 Å². The van der Waals surface area contributed by atoms with Crippen molar-refractivity contribution in [2.45, 2.75) is 45.8 Å². The van der Waals surface area contributed by atoms with Gasteiger partial charge in [-0.05, 0) is 18.8 Å². The maximum absolute atomic E-state index is 12.4. The van der Waals surface area contributed by atoms with Crippen LogP contribution in [0.3, 0.4) is 0 Å². The minimum atomic E-state index is -0.908. The second kappa shape index (κ2) is 7.00. The summed E-state index contributed by atoms with van der Waals surface area (Å²) in [6.45, 7) is 4.16. The molecule has 0 heterocycles. The van der Waals surface area contributed by atoms with E-state index < -0.39 is 12.2 Å². The number of hydrogen-bond acceptors (Lipinski definition) is 4. The molecule has 4 nitrogen and oxygen atoms in total. The average Bonchev–Trinajstić information content (AvgIpc) is 2.39. The first-order valence-corrected chi connectivity index (χ1v) is 6.69. The van der Waals surface area contributed by atoms with Crippen LogP contribution in [0.25, 0.3) is 0 Å². The van der Waals surface area contributed by atoms with E-state index in [1.54, 1.807) is 0 Å². The van der Waals surface area contributed by atoms with E-state index in [0.717, 1.165) is 19.3 Å². The van der Waals surface area contributed by atoms with Gasteiger partial charge in [-0.15, -0.1) is 0 Å². The van der Waals surface area contributed by atoms with Gasteiger partial charge in [0.15, 0.2) is 5.78 Å². The molecule has 104 valence electrons. The third kappa shape index (κ3) is 3.18. The zero-order valence-electron chi connectivity index (χ0n) is 11.8. The number of methoxy groups -OCH3 is 2. The second-order valence-corrected chi connectivity index (χ2v) is 5.08. The summed E-state index contributed by atoms with van der Waals surface area (Å²) in [6.07, 6.45) is 2.53. The molecule has 1 fully saturated rings. The Labute approximate surface area is 109 Å². The van der Waals surface area contributed by atoms with Crippen molar-refractivity contribution >= 4 is 11.6 Å². The topological polar surface area (TPSA) is 52.6 Å². The van der Waals surface area contributed by atoms with E-state index in [0.29, 0.717) is 12.3 Å². The second-order valence-electron chi connectivity index (χ2n) is 5.08. The van der Waals surface area contributed by atoms with Gasteiger partial charge in [-0.1, -0.05) is 26.7 Å². The van der Waals surface area contributed by atoms with E-state index in [1.807, 2.05) is 0 Å². The lowest BCUT2D eigenvalue weighted by molar-refractivity contribution is -0.165. The molecule has 18 heavy (non-hydrogen) atoms. The van der Waals surface area contributed by atoms with Crippen LogP contribution >= 0.6 is 0 Å². The highest BCUT2D eigenvalue weighted by Gasteiger charge is 2.40. The van der Waals surface area contributed by atoms with Crippen molar-refractivity contribution in [1.29, 1.82) is 0 Å². The Balaban J connectivity index is 2.77. The van der Waals surface area contributed by atoms with Gasteiger partial charge < -0.3 is 9.47 Å². The third-order valence-electron chi connectivity index (χ3n) is 4.05. The summed E-state index contributed by atoms with van der Waals surface area (Å²) in [6, 6.07) is 0. The molecule has 0 aromatic heterocycles. The molecule has 0 unspecified atom stereocenters. The summed E-state index contributed by atoms with van der Waals surface area (Å²) in [4.78, 5) is 24.5. The van der Waals surface area contributed by atoms with Crippen LogP contribution in [0, 0.1) is 17.8 Å². The molecule has 1 rings (SSSR count). The van der Waals surface area contributed by atoms with Crippen LogP contribution in [0.2, 0.25) is 0 Å². The molecule has 0 bridgehead atoms. The van der Waals surface area contributed by atoms with Crippen LogP contribution in [0.5, 0.6) is 0 Å². The first kappa shape index (κ1) is 15.3. The SMILES string of the molecule is CC[C@H](C)[C@@H]1CCC[C@@H](C(=O)C(OC)OC)C1=O. The van der Waals surface area contributed by atoms with Gasteiger partial charge in [0, 0.05) is 20.1 Å². The maximum Gasteiger partial charge on any atom is 0.218 e. The van der Waals surface area contributed by atoms with Gasteiger partial charge in [-0.2, -0.15) is 0 Å². The van der Waals surface area contributed by atoms with Crippen molar-refractivity contribution in [1.82, 2.24) is 0 Å². The molecule has 0 N–H and O–H groups in total. The lowest BCUT2D eigenvalue weighted by Crippen LogP contribution is -2.42. The number of rotatable bonds is 6. The molecule has 4 heteroatoms. The fraction of sp³-hybridized carbons (Fsp3) is 0.857. The van der Waals surface area contributed by atoms with Gasteiger partial charge in [0.1, 0.15) is 5.78 Å². The van der Waals surface area contributed by atoms with Crippen LogP contribution in [-0.4, -0.2) is 32.1 Å². The van der Waals surface area contributed by atoms with Crippen molar-refractivity contribution in [3.8, 4) is 0 Å². The molecule has 0 radical (unpaired) electrons. The van der Waals surface area contributed by atoms with Gasteiger partial charge in [-0.25, -0.2) is 0 Å². The van der Waals surface area contributed by atoms with Crippen molar-refractivity contribution in [3.63, 3.8) is 0 Å². The molecule has 0 amide bonds. The molecule has 0 spiro atoms. The fourth-order valence-electron chi connectivity index (χ4n) is 2.71. The van der Waals surface area contributed by atoms with Crippen LogP contribution < -0.4 is 0 Å². The summed E-state index contributed by atoms with van der Waals surface area (Å²) in [5.41, 5.74) is 0. The fourth-order valence-corrected chi connectivity index (χ4v) is 2.71. The molecule has 3 atom stereocenters. The Hall–Kier alpha value is -0.740. The predicted molar refractivity (Wildman–Crippen MR) is 68.1 cm³/mol. The van der Waals surface area contributed by atoms with E-state index in [2.05, 4.69) is 13.8 Å². The van der Waals surface area contributed by atoms with Crippen molar-refractivity contribution in [2.75, 3.05) is 14.2 Å². The monoisotopic (exact) mass is 256 g/mol. The van der Waals surface area contributed by atoms with Crippen LogP contribution in [0.1, 0.15) is 39.5 Å². The maximum atomic E-state index is 12.4. The molecule has 0 aromatic rings. The zero-order chi connectivity index (χ0) is 13.7. The highest BCUT2D eigenvalue weighted by Crippen LogP contribution is 2.33. The number of Topliss-reactive ketones (excluding diaryl/α,β-unsaturated/α-hetero) is 2. The zero-order valence-corrected chi connectivity index (χ0v) is 11.8. The largest absolute Gasteiger partial charge is 0.349 e. The quantitative estimate of drug-likeness (QED) is 0.540. The number of hydrogen-bond donors (Lipinski definition) is 0. The van der Waals surface area contributed by atoms with Gasteiger partial charge in [0.25, 0.3) is 0 Å². The van der Waals surface area contributed by atoms with E-state index in [4.69, 9.17) is 9.47 Å². The number of ether oxygens (including phenoxy) is 2. The van der Waals surface area contributed by atoms with E-state index in [9.17, 15) is 9.59 Å². The molecule has 0 saturated heterocycles. The normalized spacial score (nSPS) is 26.4. The molecule has 1 aliphatic carbocycles. The molecule has 0 aliphatic heterocycles. The number of ketones is 2. The van der Waals surface area contributed by atoms with Gasteiger partial charge in [0.2, 0.25) is 6.29 Å². The lowest BCUT2D eigenvalue weighted by Gasteiger charge is -2.31. The number of carbonyl (C=O) groups is 2. The van der Waals surface area contributed by atoms with Crippen LogP contribution in [0.15, 0.2) is 0 Å². The Morgan fingerprint density at radius 3 is 2.44 bits per heavy atom. The first-order valence-electron chi connectivity index (χ1n) is 6.69. The van der Waals surface area contributed by atoms with Gasteiger partial charge >= 0.3 is 0 Å². The molecule has 1 saturated carbocycles. The Morgan fingerprint density at radius 2 is 1.94 bits per heavy atom. The summed E-state index contributed by atoms with van der Waals surface area (Å²) < 4.78 is 9.92. The third-order valence-corrected chi connectivity index (χ3v) is 4.05. The summed E-state index contributed by atoms with van der Waals surface area (Å²) in [5.74, 6) is -0.316. The Morgan fingerprint density at radius 1 is 1.33 bits per heavy atom. The minimum absolute atomic E-state index is 0.0204. The Kier molecular flexibility index (Phi) is 5.96. The van der Waals surface area contributed by atoms with E-state index in [1.165, 1.54) is 14.2 Å². The van der Waals surface area contributed by atoms with Crippen LogP contribution in [-0.2, 0) is 19.1 Å². The Bertz CT molecular complexity index is 296. The van der Waals surface area contributed by atoms with Crippen LogP contribution in [0.4, 0.5) is 0 Å². The van der Waals surface area contributed by atoms with E-state index in [-0.39, 0.29) is 17.5 Å². The average molecular weight is 256 g/mol. The molecule has 0 aromatic carbocycles. The highest BCUT2D eigenvalue weighted by molar-refractivity contribution is 6.05. The smallest absolute Gasteiger partial charge is 0.218 e. The first-order chi connectivity index (χ1) is 8.56. The van der Waals surface area contributed by atoms with Crippen molar-refractivity contribution < 1.29 is 19.1 Å². The molecular formula is C14H24O4. The van der Waals surface area contributed by atoms with Gasteiger partial charge in [0.05, 0.1) is 5.92 Å². The van der Waals surface area contributed by atoms with Gasteiger partial charge in [-0.3, -0.25) is 9.59 Å². The lowest BCUT2D eigenvalue weighted by atomic mass is 9.72. The minimum Gasteiger partial charge on any atom is -0.349 e. The standard InChI is InChI=1S/C14H24O4/c1-5-9(2)10-7-6-8-11(12(10)15)13(16)14(17-3)18-4/h9-11,14H,5-8H2,1-4H3/t9-,10-,11+/m0/s1. The van der Waals surface area contributed by atoms with Crippen molar-refractivity contribution in [3.05, 3.63) is 0 Å². The molecule has 1 aliphatic rings. The van der Waals surface area contributed by atoms with E-state index >= 15 is 0 Å². The molecular weight excluding hydrogens is 232 g/mol. The summed E-state index contributed by atoms with van der Waals surface area (Å²) in [5, 5.41) is 0. The number of carbonyl (C=O) groups excluding carboxylic acids is 2. The summed E-state index contributed by atoms with van der Waals surface area (Å²) >= 11 is 0. The highest BCUT2D eigenvalue weighted by atomic mass is 16.7. The summed E-state index contributed by atoms with van der Waals surface area (Å²) in [7, 11) is 2.84.